The first-order valence-corrected chi connectivity index (χ1v) is 9.25. The molecule has 1 saturated heterocycles. The summed E-state index contributed by atoms with van der Waals surface area (Å²) in [7, 11) is 0. The van der Waals surface area contributed by atoms with E-state index in [4.69, 9.17) is 0 Å². The Morgan fingerprint density at radius 1 is 1.25 bits per heavy atom. The Kier molecular flexibility index (Phi) is 4.40. The van der Waals surface area contributed by atoms with Gasteiger partial charge in [0.1, 0.15) is 17.9 Å². The van der Waals surface area contributed by atoms with Gasteiger partial charge in [-0.2, -0.15) is 0 Å². The summed E-state index contributed by atoms with van der Waals surface area (Å²) in [6.07, 6.45) is 1.30. The van der Waals surface area contributed by atoms with Crippen LogP contribution >= 0.6 is 11.3 Å². The van der Waals surface area contributed by atoms with E-state index in [0.717, 1.165) is 21.7 Å². The molecule has 0 aliphatic carbocycles. The topological polar surface area (TPSA) is 113 Å². The highest BCUT2D eigenvalue weighted by Gasteiger charge is 2.28. The molecule has 1 aliphatic rings. The van der Waals surface area contributed by atoms with Crippen molar-refractivity contribution in [3.63, 3.8) is 0 Å². The SMILES string of the molecule is Cc1ccc(-c2csc3ncn(CC(=O)NN4CC(=O)NC4=O)c(=O)c23)cc1. The summed E-state index contributed by atoms with van der Waals surface area (Å²) >= 11 is 1.36. The Bertz CT molecular complexity index is 1160. The van der Waals surface area contributed by atoms with Gasteiger partial charge < -0.3 is 0 Å². The van der Waals surface area contributed by atoms with Gasteiger partial charge >= 0.3 is 6.03 Å². The first-order valence-electron chi connectivity index (χ1n) is 8.37. The molecule has 0 bridgehead atoms. The van der Waals surface area contributed by atoms with Gasteiger partial charge in [-0.25, -0.2) is 14.8 Å². The molecule has 0 unspecified atom stereocenters. The molecule has 2 N–H and O–H groups in total. The molecule has 28 heavy (non-hydrogen) atoms. The van der Waals surface area contributed by atoms with Crippen molar-refractivity contribution in [2.24, 2.45) is 0 Å². The lowest BCUT2D eigenvalue weighted by Crippen LogP contribution is -2.46. The molecule has 1 aromatic carbocycles. The highest BCUT2D eigenvalue weighted by Crippen LogP contribution is 2.30. The van der Waals surface area contributed by atoms with Gasteiger partial charge in [-0.15, -0.1) is 11.3 Å². The Morgan fingerprint density at radius 3 is 2.68 bits per heavy atom. The maximum Gasteiger partial charge on any atom is 0.343 e. The van der Waals surface area contributed by atoms with Gasteiger partial charge in [-0.1, -0.05) is 29.8 Å². The molecule has 4 amide bonds. The summed E-state index contributed by atoms with van der Waals surface area (Å²) in [4.78, 5) is 52.7. The van der Waals surface area contributed by atoms with Crippen molar-refractivity contribution in [3.8, 4) is 11.1 Å². The van der Waals surface area contributed by atoms with E-state index in [9.17, 15) is 19.2 Å². The monoisotopic (exact) mass is 397 g/mol. The number of urea groups is 1. The number of aryl methyl sites for hydroxylation is 1. The van der Waals surface area contributed by atoms with Crippen molar-refractivity contribution in [2.75, 3.05) is 6.54 Å². The van der Waals surface area contributed by atoms with Gasteiger partial charge in [0.25, 0.3) is 11.5 Å². The molecule has 142 valence electrons. The number of aromatic nitrogens is 2. The van der Waals surface area contributed by atoms with Crippen molar-refractivity contribution < 1.29 is 14.4 Å². The fraction of sp³-hybridized carbons (Fsp3) is 0.167. The number of rotatable bonds is 4. The number of imide groups is 1. The smallest absolute Gasteiger partial charge is 0.289 e. The minimum Gasteiger partial charge on any atom is -0.289 e. The maximum absolute atomic E-state index is 12.9. The molecular formula is C18H15N5O4S. The minimum absolute atomic E-state index is 0.265. The van der Waals surface area contributed by atoms with E-state index in [-0.39, 0.29) is 18.6 Å². The Balaban J connectivity index is 1.62. The summed E-state index contributed by atoms with van der Waals surface area (Å²) in [6, 6.07) is 7.08. The second-order valence-electron chi connectivity index (χ2n) is 6.35. The number of nitrogens with zero attached hydrogens (tertiary/aromatic N) is 3. The van der Waals surface area contributed by atoms with E-state index in [2.05, 4.69) is 15.7 Å². The average molecular weight is 397 g/mol. The lowest BCUT2D eigenvalue weighted by Gasteiger charge is -2.15. The summed E-state index contributed by atoms with van der Waals surface area (Å²) in [6.45, 7) is 1.39. The number of amides is 4. The number of hydrogen-bond donors (Lipinski definition) is 2. The fourth-order valence-corrected chi connectivity index (χ4v) is 3.80. The molecule has 0 saturated carbocycles. The third kappa shape index (κ3) is 3.25. The van der Waals surface area contributed by atoms with Crippen molar-refractivity contribution in [2.45, 2.75) is 13.5 Å². The molecule has 0 spiro atoms. The van der Waals surface area contributed by atoms with Crippen LogP contribution in [0.2, 0.25) is 0 Å². The first-order chi connectivity index (χ1) is 13.4. The van der Waals surface area contributed by atoms with Crippen molar-refractivity contribution in [1.82, 2.24) is 25.3 Å². The Labute approximate surface area is 162 Å². The van der Waals surface area contributed by atoms with Crippen LogP contribution in [0.1, 0.15) is 5.56 Å². The van der Waals surface area contributed by atoms with E-state index in [1.807, 2.05) is 36.6 Å². The molecule has 10 heteroatoms. The van der Waals surface area contributed by atoms with E-state index in [1.165, 1.54) is 22.2 Å². The number of carbonyl (C=O) groups excluding carboxylic acids is 3. The second-order valence-corrected chi connectivity index (χ2v) is 7.21. The van der Waals surface area contributed by atoms with Crippen molar-refractivity contribution in [1.29, 1.82) is 0 Å². The quantitative estimate of drug-likeness (QED) is 0.638. The molecule has 3 heterocycles. The molecule has 4 rings (SSSR count). The predicted molar refractivity (Wildman–Crippen MR) is 102 cm³/mol. The number of hydrazine groups is 1. The minimum atomic E-state index is -0.709. The largest absolute Gasteiger partial charge is 0.343 e. The van der Waals surface area contributed by atoms with Crippen LogP contribution in [0.25, 0.3) is 21.3 Å². The van der Waals surface area contributed by atoms with Gasteiger partial charge in [0.2, 0.25) is 5.91 Å². The molecular weight excluding hydrogens is 382 g/mol. The van der Waals surface area contributed by atoms with E-state index in [0.29, 0.717) is 10.2 Å². The van der Waals surface area contributed by atoms with Crippen LogP contribution in [0, 0.1) is 6.92 Å². The highest BCUT2D eigenvalue weighted by molar-refractivity contribution is 7.17. The maximum atomic E-state index is 12.9. The lowest BCUT2D eigenvalue weighted by molar-refractivity contribution is -0.125. The van der Waals surface area contributed by atoms with Crippen LogP contribution in [0.4, 0.5) is 4.79 Å². The van der Waals surface area contributed by atoms with Crippen LogP contribution in [0.3, 0.4) is 0 Å². The molecule has 1 fully saturated rings. The summed E-state index contributed by atoms with van der Waals surface area (Å²) in [5, 5.41) is 5.23. The fourth-order valence-electron chi connectivity index (χ4n) is 2.90. The third-order valence-electron chi connectivity index (χ3n) is 4.29. The Hall–Kier alpha value is -3.53. The zero-order valence-electron chi connectivity index (χ0n) is 14.8. The van der Waals surface area contributed by atoms with Crippen LogP contribution < -0.4 is 16.3 Å². The highest BCUT2D eigenvalue weighted by atomic mass is 32.1. The van der Waals surface area contributed by atoms with E-state index < -0.39 is 17.8 Å². The van der Waals surface area contributed by atoms with Crippen molar-refractivity contribution in [3.05, 3.63) is 51.9 Å². The third-order valence-corrected chi connectivity index (χ3v) is 5.18. The molecule has 0 atom stereocenters. The average Bonchev–Trinajstić information content (AvgIpc) is 3.21. The first kappa shape index (κ1) is 17.9. The number of nitrogens with one attached hydrogen (secondary N) is 2. The Morgan fingerprint density at radius 2 is 2.00 bits per heavy atom. The second kappa shape index (κ2) is 6.89. The van der Waals surface area contributed by atoms with Crippen molar-refractivity contribution >= 4 is 39.4 Å². The van der Waals surface area contributed by atoms with Gasteiger partial charge in [0, 0.05) is 10.9 Å². The molecule has 9 nitrogen and oxygen atoms in total. The van der Waals surface area contributed by atoms with Crippen LogP contribution in [0.15, 0.2) is 40.8 Å². The standard InChI is InChI=1S/C18H15N5O4S/c1-10-2-4-11(5-3-10)12-8-28-16-15(12)17(26)22(9-19-16)6-14(25)21-23-7-13(24)20-18(23)27/h2-5,8-9H,6-7H2,1H3,(H,21,25)(H,20,24,27). The summed E-state index contributed by atoms with van der Waals surface area (Å²) in [5.41, 5.74) is 4.72. The zero-order chi connectivity index (χ0) is 19.8. The molecule has 1 aliphatic heterocycles. The van der Waals surface area contributed by atoms with E-state index >= 15 is 0 Å². The number of benzene rings is 1. The normalized spacial score (nSPS) is 13.8. The predicted octanol–water partition coefficient (Wildman–Crippen LogP) is 1.02. The molecule has 0 radical (unpaired) electrons. The van der Waals surface area contributed by atoms with Crippen LogP contribution in [-0.4, -0.2) is 39.0 Å². The zero-order valence-corrected chi connectivity index (χ0v) is 15.6. The van der Waals surface area contributed by atoms with Gasteiger partial charge in [-0.3, -0.25) is 29.7 Å². The number of hydrogen-bond acceptors (Lipinski definition) is 6. The number of thiophene rings is 1. The molecule has 2 aromatic heterocycles. The van der Waals surface area contributed by atoms with Gasteiger partial charge in [-0.05, 0) is 12.5 Å². The lowest BCUT2D eigenvalue weighted by atomic mass is 10.1. The van der Waals surface area contributed by atoms with Crippen LogP contribution in [-0.2, 0) is 16.1 Å². The van der Waals surface area contributed by atoms with Gasteiger partial charge in [0.15, 0.2) is 0 Å². The molecule has 3 aromatic rings. The number of fused-ring (bicyclic) bond motifs is 1. The van der Waals surface area contributed by atoms with Crippen LogP contribution in [0.5, 0.6) is 0 Å². The summed E-state index contributed by atoms with van der Waals surface area (Å²) < 4.78 is 1.18. The van der Waals surface area contributed by atoms with Gasteiger partial charge in [0.05, 0.1) is 11.7 Å². The number of carbonyl (C=O) groups is 3. The summed E-state index contributed by atoms with van der Waals surface area (Å²) in [5.74, 6) is -1.12. The van der Waals surface area contributed by atoms with E-state index in [1.54, 1.807) is 0 Å².